The molecule has 1 aliphatic carbocycles. The molecule has 0 aromatic rings. The summed E-state index contributed by atoms with van der Waals surface area (Å²) in [5, 5.41) is 12.1. The summed E-state index contributed by atoms with van der Waals surface area (Å²) in [5.41, 5.74) is 0. The molecule has 0 aliphatic heterocycles. The van der Waals surface area contributed by atoms with Crippen LogP contribution in [0, 0.1) is 17.2 Å². The van der Waals surface area contributed by atoms with Crippen LogP contribution in [0.2, 0.25) is 0 Å². The van der Waals surface area contributed by atoms with E-state index in [1.54, 1.807) is 0 Å². The molecule has 0 spiro atoms. The lowest BCUT2D eigenvalue weighted by Gasteiger charge is -2.29. The average molecular weight is 180 g/mol. The minimum Gasteiger partial charge on any atom is -0.312 e. The number of hydrogen-bond acceptors (Lipinski definition) is 2. The van der Waals surface area contributed by atoms with Gasteiger partial charge in [-0.05, 0) is 31.6 Å². The molecule has 0 atom stereocenters. The van der Waals surface area contributed by atoms with E-state index in [0.29, 0.717) is 18.0 Å². The van der Waals surface area contributed by atoms with Crippen molar-refractivity contribution in [2.24, 2.45) is 5.92 Å². The number of rotatable bonds is 3. The van der Waals surface area contributed by atoms with Crippen LogP contribution in [0.4, 0.5) is 0 Å². The fourth-order valence-electron chi connectivity index (χ4n) is 2.13. The van der Waals surface area contributed by atoms with Crippen LogP contribution < -0.4 is 5.32 Å². The predicted molar refractivity (Wildman–Crippen MR) is 54.2 cm³/mol. The van der Waals surface area contributed by atoms with Crippen LogP contribution in [0.15, 0.2) is 0 Å². The minimum atomic E-state index is 0.595. The molecule has 2 heteroatoms. The molecule has 1 saturated carbocycles. The highest BCUT2D eigenvalue weighted by molar-refractivity contribution is 4.83. The van der Waals surface area contributed by atoms with Crippen LogP contribution in [0.25, 0.3) is 0 Å². The van der Waals surface area contributed by atoms with Crippen molar-refractivity contribution in [3.05, 3.63) is 0 Å². The summed E-state index contributed by atoms with van der Waals surface area (Å²) in [4.78, 5) is 0. The summed E-state index contributed by atoms with van der Waals surface area (Å²) in [6.07, 6.45) is 5.74. The molecule has 1 fully saturated rings. The van der Waals surface area contributed by atoms with Crippen molar-refractivity contribution >= 4 is 0 Å². The Balaban J connectivity index is 2.19. The molecule has 74 valence electrons. The number of hydrogen-bond donors (Lipinski definition) is 1. The Kier molecular flexibility index (Phi) is 4.24. The van der Waals surface area contributed by atoms with Crippen LogP contribution in [0.5, 0.6) is 0 Å². The highest BCUT2D eigenvalue weighted by Crippen LogP contribution is 2.26. The van der Waals surface area contributed by atoms with Crippen LogP contribution in [0.1, 0.15) is 46.0 Å². The smallest absolute Gasteiger partial charge is 0.0624 e. The van der Waals surface area contributed by atoms with Crippen LogP contribution in [0.3, 0.4) is 0 Å². The van der Waals surface area contributed by atoms with Crippen molar-refractivity contribution in [3.8, 4) is 6.07 Å². The molecule has 0 aromatic carbocycles. The fraction of sp³-hybridized carbons (Fsp3) is 0.909. The topological polar surface area (TPSA) is 35.8 Å². The van der Waals surface area contributed by atoms with Gasteiger partial charge in [0.2, 0.25) is 0 Å². The van der Waals surface area contributed by atoms with Gasteiger partial charge >= 0.3 is 0 Å². The van der Waals surface area contributed by atoms with Crippen molar-refractivity contribution in [1.29, 1.82) is 5.26 Å². The Morgan fingerprint density at radius 1 is 1.31 bits per heavy atom. The zero-order valence-corrected chi connectivity index (χ0v) is 8.71. The second-order valence-electron chi connectivity index (χ2n) is 4.40. The molecule has 0 saturated heterocycles. The first-order valence-electron chi connectivity index (χ1n) is 5.35. The van der Waals surface area contributed by atoms with Gasteiger partial charge in [0.1, 0.15) is 0 Å². The van der Waals surface area contributed by atoms with Crippen molar-refractivity contribution in [2.45, 2.75) is 58.0 Å². The Morgan fingerprint density at radius 2 is 1.92 bits per heavy atom. The van der Waals surface area contributed by atoms with Gasteiger partial charge in [0.25, 0.3) is 0 Å². The van der Waals surface area contributed by atoms with Crippen LogP contribution in [-0.4, -0.2) is 12.1 Å². The van der Waals surface area contributed by atoms with E-state index in [4.69, 9.17) is 5.26 Å². The van der Waals surface area contributed by atoms with Gasteiger partial charge in [-0.15, -0.1) is 0 Å². The van der Waals surface area contributed by atoms with Gasteiger partial charge in [-0.2, -0.15) is 5.26 Å². The van der Waals surface area contributed by atoms with E-state index >= 15 is 0 Å². The molecule has 0 radical (unpaired) electrons. The molecule has 0 amide bonds. The predicted octanol–water partition coefficient (Wildman–Crippen LogP) is 2.46. The molecule has 0 aromatic heterocycles. The lowest BCUT2D eigenvalue weighted by molar-refractivity contribution is 0.283. The summed E-state index contributed by atoms with van der Waals surface area (Å²) >= 11 is 0. The second kappa shape index (κ2) is 5.24. The van der Waals surface area contributed by atoms with E-state index in [1.165, 1.54) is 25.7 Å². The fourth-order valence-corrected chi connectivity index (χ4v) is 2.13. The summed E-state index contributed by atoms with van der Waals surface area (Å²) in [6.45, 7) is 4.39. The highest BCUT2D eigenvalue weighted by atomic mass is 14.9. The lowest BCUT2D eigenvalue weighted by atomic mass is 9.84. The van der Waals surface area contributed by atoms with E-state index in [-0.39, 0.29) is 0 Å². The maximum Gasteiger partial charge on any atom is 0.0624 e. The standard InChI is InChI=1S/C11H20N2/c1-9(2)13-11-5-3-10(4-6-11)7-8-12/h9-11,13H,3-7H2,1-2H3/t10-,11-. The van der Waals surface area contributed by atoms with E-state index in [9.17, 15) is 0 Å². The van der Waals surface area contributed by atoms with Crippen molar-refractivity contribution < 1.29 is 0 Å². The van der Waals surface area contributed by atoms with Crippen molar-refractivity contribution in [2.75, 3.05) is 0 Å². The average Bonchev–Trinajstić information content (AvgIpc) is 2.08. The Hall–Kier alpha value is -0.550. The maximum absolute atomic E-state index is 8.56. The van der Waals surface area contributed by atoms with Gasteiger partial charge in [0.15, 0.2) is 0 Å². The molecule has 0 bridgehead atoms. The SMILES string of the molecule is CC(C)N[C@H]1CC[C@H](CC#N)CC1. The summed E-state index contributed by atoms with van der Waals surface area (Å²) < 4.78 is 0. The van der Waals surface area contributed by atoms with Gasteiger partial charge in [-0.1, -0.05) is 13.8 Å². The van der Waals surface area contributed by atoms with E-state index in [1.807, 2.05) is 0 Å². The molecule has 0 unspecified atom stereocenters. The van der Waals surface area contributed by atoms with Crippen LogP contribution in [-0.2, 0) is 0 Å². The van der Waals surface area contributed by atoms with Gasteiger partial charge in [-0.25, -0.2) is 0 Å². The van der Waals surface area contributed by atoms with E-state index in [0.717, 1.165) is 6.42 Å². The van der Waals surface area contributed by atoms with Crippen molar-refractivity contribution in [1.82, 2.24) is 5.32 Å². The Bertz CT molecular complexity index is 173. The number of nitriles is 1. The monoisotopic (exact) mass is 180 g/mol. The molecule has 13 heavy (non-hydrogen) atoms. The number of nitrogens with one attached hydrogen (secondary N) is 1. The quantitative estimate of drug-likeness (QED) is 0.724. The summed E-state index contributed by atoms with van der Waals surface area (Å²) in [5.74, 6) is 0.676. The lowest BCUT2D eigenvalue weighted by Crippen LogP contribution is -2.37. The summed E-state index contributed by atoms with van der Waals surface area (Å²) in [6, 6.07) is 3.57. The molecule has 1 aliphatic rings. The zero-order valence-electron chi connectivity index (χ0n) is 8.71. The third kappa shape index (κ3) is 3.78. The third-order valence-electron chi connectivity index (χ3n) is 2.80. The third-order valence-corrected chi connectivity index (χ3v) is 2.80. The van der Waals surface area contributed by atoms with Crippen molar-refractivity contribution in [3.63, 3.8) is 0 Å². The largest absolute Gasteiger partial charge is 0.312 e. The van der Waals surface area contributed by atoms with Crippen LogP contribution >= 0.6 is 0 Å². The summed E-state index contributed by atoms with van der Waals surface area (Å²) in [7, 11) is 0. The van der Waals surface area contributed by atoms with Gasteiger partial charge in [0, 0.05) is 18.5 Å². The highest BCUT2D eigenvalue weighted by Gasteiger charge is 2.20. The normalized spacial score (nSPS) is 28.8. The molecular formula is C11H20N2. The first kappa shape index (κ1) is 10.5. The Morgan fingerprint density at radius 3 is 2.38 bits per heavy atom. The first-order valence-corrected chi connectivity index (χ1v) is 5.35. The van der Waals surface area contributed by atoms with E-state index < -0.39 is 0 Å². The molecule has 1 N–H and O–H groups in total. The molecule has 1 rings (SSSR count). The maximum atomic E-state index is 8.56. The minimum absolute atomic E-state index is 0.595. The zero-order chi connectivity index (χ0) is 9.68. The van der Waals surface area contributed by atoms with E-state index in [2.05, 4.69) is 25.2 Å². The van der Waals surface area contributed by atoms with Gasteiger partial charge in [-0.3, -0.25) is 0 Å². The second-order valence-corrected chi connectivity index (χ2v) is 4.40. The van der Waals surface area contributed by atoms with Gasteiger partial charge in [0.05, 0.1) is 6.07 Å². The first-order chi connectivity index (χ1) is 6.22. The molecule has 2 nitrogen and oxygen atoms in total. The van der Waals surface area contributed by atoms with Gasteiger partial charge < -0.3 is 5.32 Å². The number of nitrogens with zero attached hydrogens (tertiary/aromatic N) is 1. The molecule has 0 heterocycles. The Labute approximate surface area is 81.3 Å². The molecular weight excluding hydrogens is 160 g/mol.